The summed E-state index contributed by atoms with van der Waals surface area (Å²) in [5.41, 5.74) is 2.77. The van der Waals surface area contributed by atoms with Gasteiger partial charge in [0, 0.05) is 19.0 Å². The van der Waals surface area contributed by atoms with Crippen molar-refractivity contribution in [1.29, 1.82) is 0 Å². The highest BCUT2D eigenvalue weighted by Gasteiger charge is 2.07. The molecule has 122 valence electrons. The van der Waals surface area contributed by atoms with Gasteiger partial charge in [-0.15, -0.1) is 11.3 Å². The van der Waals surface area contributed by atoms with Gasteiger partial charge in [-0.1, -0.05) is 25.5 Å². The van der Waals surface area contributed by atoms with Crippen molar-refractivity contribution in [3.05, 3.63) is 27.7 Å². The quantitative estimate of drug-likeness (QED) is 0.476. The predicted molar refractivity (Wildman–Crippen MR) is 95.6 cm³/mol. The molecule has 1 aromatic heterocycles. The molecular weight excluding hydrogens is 292 g/mol. The molecule has 1 aliphatic carbocycles. The Balaban J connectivity index is 1.71. The molecule has 4 nitrogen and oxygen atoms in total. The summed E-state index contributed by atoms with van der Waals surface area (Å²) < 4.78 is 0. The summed E-state index contributed by atoms with van der Waals surface area (Å²) in [6.07, 6.45) is 8.75. The minimum atomic E-state index is 0.492. The SMILES string of the molecule is CN=C(NCCC1=CCCCC1)NCc1nc(C(C)C)cs1. The first-order chi connectivity index (χ1) is 10.7. The molecule has 0 aromatic carbocycles. The molecule has 0 saturated carbocycles. The normalized spacial score (nSPS) is 15.8. The molecular formula is C17H28N4S. The number of nitrogens with one attached hydrogen (secondary N) is 2. The van der Waals surface area contributed by atoms with Crippen molar-refractivity contribution in [3.8, 4) is 0 Å². The van der Waals surface area contributed by atoms with Crippen LogP contribution < -0.4 is 10.6 Å². The van der Waals surface area contributed by atoms with Gasteiger partial charge in [0.25, 0.3) is 0 Å². The number of allylic oxidation sites excluding steroid dienone is 1. The van der Waals surface area contributed by atoms with Gasteiger partial charge in [-0.25, -0.2) is 4.98 Å². The molecule has 2 rings (SSSR count). The molecule has 0 unspecified atom stereocenters. The summed E-state index contributed by atoms with van der Waals surface area (Å²) in [5, 5.41) is 9.99. The van der Waals surface area contributed by atoms with Gasteiger partial charge < -0.3 is 10.6 Å². The third-order valence-corrected chi connectivity index (χ3v) is 4.78. The summed E-state index contributed by atoms with van der Waals surface area (Å²) >= 11 is 1.71. The lowest BCUT2D eigenvalue weighted by atomic mass is 9.97. The number of aliphatic imine (C=N–C) groups is 1. The zero-order chi connectivity index (χ0) is 15.8. The molecule has 0 fully saturated rings. The first-order valence-electron chi connectivity index (χ1n) is 8.25. The molecule has 0 atom stereocenters. The van der Waals surface area contributed by atoms with Crippen LogP contribution in [0.25, 0.3) is 0 Å². The van der Waals surface area contributed by atoms with Crippen LogP contribution >= 0.6 is 11.3 Å². The molecule has 0 aliphatic heterocycles. The van der Waals surface area contributed by atoms with Crippen molar-refractivity contribution in [1.82, 2.24) is 15.6 Å². The number of hydrogen-bond acceptors (Lipinski definition) is 3. The van der Waals surface area contributed by atoms with E-state index in [0.717, 1.165) is 30.5 Å². The summed E-state index contributed by atoms with van der Waals surface area (Å²) in [6, 6.07) is 0. The Morgan fingerprint density at radius 1 is 1.36 bits per heavy atom. The fourth-order valence-electron chi connectivity index (χ4n) is 2.52. The monoisotopic (exact) mass is 320 g/mol. The number of rotatable bonds is 6. The van der Waals surface area contributed by atoms with Crippen molar-refractivity contribution in [2.45, 2.75) is 58.4 Å². The maximum atomic E-state index is 4.63. The molecule has 22 heavy (non-hydrogen) atoms. The second-order valence-electron chi connectivity index (χ2n) is 6.03. The lowest BCUT2D eigenvalue weighted by Crippen LogP contribution is -2.37. The predicted octanol–water partition coefficient (Wildman–Crippen LogP) is 3.82. The minimum Gasteiger partial charge on any atom is -0.356 e. The van der Waals surface area contributed by atoms with E-state index in [9.17, 15) is 0 Å². The van der Waals surface area contributed by atoms with Crippen LogP contribution in [0.1, 0.15) is 62.6 Å². The molecule has 0 amide bonds. The Morgan fingerprint density at radius 2 is 2.23 bits per heavy atom. The fourth-order valence-corrected chi connectivity index (χ4v) is 3.42. The van der Waals surface area contributed by atoms with Gasteiger partial charge in [0.15, 0.2) is 5.96 Å². The van der Waals surface area contributed by atoms with Crippen LogP contribution in [0.2, 0.25) is 0 Å². The van der Waals surface area contributed by atoms with Crippen molar-refractivity contribution < 1.29 is 0 Å². The molecule has 1 heterocycles. The van der Waals surface area contributed by atoms with E-state index in [0.29, 0.717) is 5.92 Å². The van der Waals surface area contributed by atoms with Crippen LogP contribution in [0.15, 0.2) is 22.0 Å². The van der Waals surface area contributed by atoms with E-state index < -0.39 is 0 Å². The lowest BCUT2D eigenvalue weighted by Gasteiger charge is -2.14. The molecule has 2 N–H and O–H groups in total. The maximum Gasteiger partial charge on any atom is 0.191 e. The van der Waals surface area contributed by atoms with E-state index in [1.165, 1.54) is 31.4 Å². The third kappa shape index (κ3) is 5.44. The van der Waals surface area contributed by atoms with Crippen LogP contribution in [-0.4, -0.2) is 24.5 Å². The van der Waals surface area contributed by atoms with Crippen LogP contribution in [0, 0.1) is 0 Å². The highest BCUT2D eigenvalue weighted by atomic mass is 32.1. The second kappa shape index (κ2) is 8.93. The van der Waals surface area contributed by atoms with Crippen molar-refractivity contribution in [2.24, 2.45) is 4.99 Å². The molecule has 1 aliphatic rings. The minimum absolute atomic E-state index is 0.492. The van der Waals surface area contributed by atoms with Gasteiger partial charge >= 0.3 is 0 Å². The van der Waals surface area contributed by atoms with Gasteiger partial charge in [-0.2, -0.15) is 0 Å². The topological polar surface area (TPSA) is 49.3 Å². The molecule has 5 heteroatoms. The molecule has 1 aromatic rings. The standard InChI is InChI=1S/C17H28N4S/c1-13(2)15-12-22-16(21-15)11-20-17(18-3)19-10-9-14-7-5-4-6-8-14/h7,12-13H,4-6,8-11H2,1-3H3,(H2,18,19,20). The van der Waals surface area contributed by atoms with Crippen LogP contribution in [0.4, 0.5) is 0 Å². The fraction of sp³-hybridized carbons (Fsp3) is 0.647. The maximum absolute atomic E-state index is 4.63. The summed E-state index contributed by atoms with van der Waals surface area (Å²) in [5.74, 6) is 1.35. The van der Waals surface area contributed by atoms with Gasteiger partial charge in [0.05, 0.1) is 12.2 Å². The Bertz CT molecular complexity index is 516. The highest BCUT2D eigenvalue weighted by molar-refractivity contribution is 7.09. The largest absolute Gasteiger partial charge is 0.356 e. The number of hydrogen-bond donors (Lipinski definition) is 2. The Hall–Kier alpha value is -1.36. The number of guanidine groups is 1. The van der Waals surface area contributed by atoms with Crippen molar-refractivity contribution in [2.75, 3.05) is 13.6 Å². The second-order valence-corrected chi connectivity index (χ2v) is 6.97. The van der Waals surface area contributed by atoms with Gasteiger partial charge in [-0.3, -0.25) is 4.99 Å². The lowest BCUT2D eigenvalue weighted by molar-refractivity contribution is 0.665. The van der Waals surface area contributed by atoms with Crippen LogP contribution in [0.3, 0.4) is 0 Å². The van der Waals surface area contributed by atoms with E-state index >= 15 is 0 Å². The average molecular weight is 321 g/mol. The summed E-state index contributed by atoms with van der Waals surface area (Å²) in [7, 11) is 1.82. The molecule has 0 bridgehead atoms. The third-order valence-electron chi connectivity index (χ3n) is 3.92. The Kier molecular flexibility index (Phi) is 6.90. The van der Waals surface area contributed by atoms with Gasteiger partial charge in [0.1, 0.15) is 5.01 Å². The van der Waals surface area contributed by atoms with E-state index in [2.05, 4.69) is 45.9 Å². The molecule has 0 spiro atoms. The van der Waals surface area contributed by atoms with Crippen molar-refractivity contribution in [3.63, 3.8) is 0 Å². The zero-order valence-corrected chi connectivity index (χ0v) is 14.8. The average Bonchev–Trinajstić information content (AvgIpc) is 3.01. The molecule has 0 saturated heterocycles. The van der Waals surface area contributed by atoms with Gasteiger partial charge in [-0.05, 0) is 38.0 Å². The smallest absolute Gasteiger partial charge is 0.191 e. The first kappa shape index (κ1) is 17.0. The molecule has 0 radical (unpaired) electrons. The Labute approximate surface area is 138 Å². The number of thiazole rings is 1. The van der Waals surface area contributed by atoms with Gasteiger partial charge in [0.2, 0.25) is 0 Å². The highest BCUT2D eigenvalue weighted by Crippen LogP contribution is 2.19. The zero-order valence-electron chi connectivity index (χ0n) is 14.0. The summed E-state index contributed by atoms with van der Waals surface area (Å²) in [4.78, 5) is 8.91. The van der Waals surface area contributed by atoms with Crippen LogP contribution in [0.5, 0.6) is 0 Å². The van der Waals surface area contributed by atoms with Crippen LogP contribution in [-0.2, 0) is 6.54 Å². The van der Waals surface area contributed by atoms with E-state index in [-0.39, 0.29) is 0 Å². The summed E-state index contributed by atoms with van der Waals surface area (Å²) in [6.45, 7) is 6.03. The van der Waals surface area contributed by atoms with Crippen molar-refractivity contribution >= 4 is 17.3 Å². The van der Waals surface area contributed by atoms with E-state index in [1.807, 2.05) is 7.05 Å². The number of aromatic nitrogens is 1. The van der Waals surface area contributed by atoms with E-state index in [4.69, 9.17) is 0 Å². The Morgan fingerprint density at radius 3 is 2.86 bits per heavy atom. The van der Waals surface area contributed by atoms with E-state index in [1.54, 1.807) is 16.9 Å². The number of nitrogens with zero attached hydrogens (tertiary/aromatic N) is 2. The first-order valence-corrected chi connectivity index (χ1v) is 9.13.